The fourth-order valence-electron chi connectivity index (χ4n) is 8.35. The third kappa shape index (κ3) is 24.3. The predicted molar refractivity (Wildman–Crippen MR) is 308 cm³/mol. The fourth-order valence-corrected chi connectivity index (χ4v) is 10.7. The van der Waals surface area contributed by atoms with Gasteiger partial charge in [0, 0.05) is 37.3 Å². The molecule has 0 bridgehead atoms. The van der Waals surface area contributed by atoms with Gasteiger partial charge in [-0.2, -0.15) is 0 Å². The summed E-state index contributed by atoms with van der Waals surface area (Å²) < 4.78 is 42.0. The number of hydrogen-bond donors (Lipinski definition) is 16. The number of phenolic OH excluding ortho intramolecular Hbond substituents is 1. The second kappa shape index (κ2) is 35.5. The Morgan fingerprint density at radius 1 is 0.659 bits per heavy atom. The van der Waals surface area contributed by atoms with E-state index in [2.05, 4.69) is 53.2 Å². The van der Waals surface area contributed by atoms with Crippen LogP contribution in [0.3, 0.4) is 0 Å². The molecule has 2 fully saturated rings. The van der Waals surface area contributed by atoms with Crippen LogP contribution in [-0.4, -0.2) is 192 Å². The van der Waals surface area contributed by atoms with Gasteiger partial charge >= 0.3 is 0 Å². The number of benzene rings is 2. The second-order valence-electron chi connectivity index (χ2n) is 19.3. The molecule has 8 atom stereocenters. The number of unbranched alkanes of at least 4 members (excludes halogenated alkanes) is 1. The van der Waals surface area contributed by atoms with Crippen LogP contribution < -0.4 is 81.8 Å². The van der Waals surface area contributed by atoms with Crippen molar-refractivity contribution in [2.45, 2.75) is 113 Å². The van der Waals surface area contributed by atoms with E-state index in [1.165, 1.54) is 24.3 Å². The third-order valence-electron chi connectivity index (χ3n) is 12.7. The molecule has 0 spiro atoms. The van der Waals surface area contributed by atoms with Gasteiger partial charge in [-0.1, -0.05) is 63.9 Å². The van der Waals surface area contributed by atoms with Crippen molar-refractivity contribution in [1.29, 1.82) is 0 Å². The van der Waals surface area contributed by atoms with Gasteiger partial charge in [-0.3, -0.25) is 67.1 Å². The van der Waals surface area contributed by atoms with Gasteiger partial charge in [-0.15, -0.1) is 0 Å². The summed E-state index contributed by atoms with van der Waals surface area (Å²) in [6.07, 6.45) is -2.55. The quantitative estimate of drug-likeness (QED) is 0.0324. The Morgan fingerprint density at radius 3 is 1.88 bits per heavy atom. The summed E-state index contributed by atoms with van der Waals surface area (Å²) in [4.78, 5) is 191. The zero-order valence-electron chi connectivity index (χ0n) is 51.0. The first-order chi connectivity index (χ1) is 42.5. The van der Waals surface area contributed by atoms with Crippen molar-refractivity contribution in [3.63, 3.8) is 0 Å². The second-order valence-corrected chi connectivity index (χ2v) is 21.9. The smallest absolute Gasteiger partial charge is 0.246 e. The van der Waals surface area contributed by atoms with E-state index in [1.807, 2.05) is 0 Å². The minimum atomic E-state index is -2.05. The number of nitrogens with two attached hydrogens (primary N) is 5. The summed E-state index contributed by atoms with van der Waals surface area (Å²) in [6, 6.07) is -12.6. The van der Waals surface area contributed by atoms with E-state index in [0.717, 1.165) is 26.5 Å². The summed E-state index contributed by atoms with van der Waals surface area (Å²) in [5, 5.41) is 33.9. The predicted octanol–water partition coefficient (Wildman–Crippen LogP) is -6.98. The molecule has 2 aromatic rings. The maximum Gasteiger partial charge on any atom is 0.246 e. The van der Waals surface area contributed by atoms with Crippen molar-refractivity contribution in [1.82, 2.24) is 58.1 Å². The highest BCUT2D eigenvalue weighted by molar-refractivity contribution is 8.76. The zero-order valence-corrected chi connectivity index (χ0v) is 47.6. The lowest BCUT2D eigenvalue weighted by molar-refractivity contribution is -0.142. The first-order valence-electron chi connectivity index (χ1n) is 29.1. The maximum absolute atomic E-state index is 14.9. The number of nitrogens with zero attached hydrogens (tertiary/aromatic N) is 1. The maximum atomic E-state index is 14.9. The molecule has 0 aliphatic carbocycles. The third-order valence-corrected chi connectivity index (χ3v) is 15.1. The Bertz CT molecular complexity index is 3000. The van der Waals surface area contributed by atoms with Crippen LogP contribution in [0.1, 0.15) is 69.3 Å². The summed E-state index contributed by atoms with van der Waals surface area (Å²) >= 11 is 0. The molecule has 0 saturated carbocycles. The van der Waals surface area contributed by atoms with Crippen LogP contribution in [0, 0.1) is 0 Å². The minimum Gasteiger partial charge on any atom is -0.508 e. The number of phenols is 1. The molecule has 85 heavy (non-hydrogen) atoms. The van der Waals surface area contributed by atoms with Crippen LogP contribution in [-0.2, 0) is 80.0 Å². The molecule has 0 radical (unpaired) electrons. The highest BCUT2D eigenvalue weighted by Gasteiger charge is 2.41. The molecule has 2 aliphatic rings. The Morgan fingerprint density at radius 2 is 1.25 bits per heavy atom. The zero-order chi connectivity index (χ0) is 66.9. The fraction of sp³-hybridized carbons (Fsp3) is 0.500. The van der Waals surface area contributed by atoms with Gasteiger partial charge in [-0.05, 0) is 68.3 Å². The van der Waals surface area contributed by atoms with Crippen molar-refractivity contribution in [3.05, 3.63) is 65.6 Å². The molecule has 2 aromatic carbocycles. The van der Waals surface area contributed by atoms with Crippen LogP contribution in [0.25, 0.3) is 0 Å². The monoisotopic (exact) mass is 1230 g/mol. The van der Waals surface area contributed by atoms with E-state index in [-0.39, 0.29) is 43.7 Å². The highest BCUT2D eigenvalue weighted by atomic mass is 33.1. The van der Waals surface area contributed by atoms with E-state index in [4.69, 9.17) is 35.5 Å². The molecule has 33 heteroatoms. The first-order valence-corrected chi connectivity index (χ1v) is 29.1. The van der Waals surface area contributed by atoms with E-state index < -0.39 is 237 Å². The van der Waals surface area contributed by atoms with Gasteiger partial charge in [0.1, 0.15) is 54.1 Å². The number of rotatable bonds is 25. The number of amides is 14. The largest absolute Gasteiger partial charge is 0.508 e. The Labute approximate surface area is 503 Å². The SMILES string of the molecule is [2H]c1c([2H])c([2H])c(C[C@@H]2NC(=O)[C@H](Cc3ccc(O)cc3)NC(=O)[C@@H](NC(=O)CNC(=O)CNC(=O)CN)CSSC[C@@H](C(=O)N3CCC[C@H]3C(=O)N[C@@H](CCCCN)C(=O)NCC(N)=O)NC(=O)[C@H](CC(N)=O)NC(=O)[C@H](CCC(N)=O)NC2=O)c([2H])c1[2H]. The van der Waals surface area contributed by atoms with Gasteiger partial charge in [0.2, 0.25) is 82.7 Å². The van der Waals surface area contributed by atoms with E-state index >= 15 is 0 Å². The lowest BCUT2D eigenvalue weighted by Gasteiger charge is -2.31. The van der Waals surface area contributed by atoms with Gasteiger partial charge in [0.25, 0.3) is 0 Å². The molecule has 4 rings (SSSR count). The van der Waals surface area contributed by atoms with Gasteiger partial charge in [0.05, 0.1) is 39.5 Å². The molecule has 464 valence electrons. The van der Waals surface area contributed by atoms with Crippen LogP contribution >= 0.6 is 21.6 Å². The van der Waals surface area contributed by atoms with Crippen molar-refractivity contribution in [3.8, 4) is 5.75 Å². The van der Waals surface area contributed by atoms with Gasteiger partial charge in [-0.25, -0.2) is 0 Å². The van der Waals surface area contributed by atoms with Crippen molar-refractivity contribution < 1.29 is 79.1 Å². The number of carbonyl (C=O) groups excluding carboxylic acids is 14. The van der Waals surface area contributed by atoms with Gasteiger partial charge in [0.15, 0.2) is 0 Å². The Kier molecular flexibility index (Phi) is 25.5. The number of carbonyl (C=O) groups is 14. The molecule has 2 heterocycles. The topological polar surface area (TPSA) is 513 Å². The molecule has 0 aromatic heterocycles. The van der Waals surface area contributed by atoms with Gasteiger partial charge < -0.3 is 91.8 Å². The summed E-state index contributed by atoms with van der Waals surface area (Å²) in [7, 11) is 1.60. The van der Waals surface area contributed by atoms with Crippen LogP contribution in [0.5, 0.6) is 5.75 Å². The molecule has 21 N–H and O–H groups in total. The number of hydrogen-bond acceptors (Lipinski definition) is 19. The normalized spacial score (nSPS) is 22.0. The summed E-state index contributed by atoms with van der Waals surface area (Å²) in [6.45, 7) is -2.27. The highest BCUT2D eigenvalue weighted by Crippen LogP contribution is 2.26. The van der Waals surface area contributed by atoms with Crippen LogP contribution in [0.2, 0.25) is 0 Å². The molecule has 2 aliphatic heterocycles. The summed E-state index contributed by atoms with van der Waals surface area (Å²) in [5.74, 6) is -15.5. The number of aromatic hydroxyl groups is 1. The first kappa shape index (κ1) is 61.0. The lowest BCUT2D eigenvalue weighted by Crippen LogP contribution is -2.61. The van der Waals surface area contributed by atoms with Crippen LogP contribution in [0.4, 0.5) is 0 Å². The average molecular weight is 1230 g/mol. The summed E-state index contributed by atoms with van der Waals surface area (Å²) in [5.41, 5.74) is 26.9. The molecule has 0 unspecified atom stereocenters. The standard InChI is InChI=1S/C52H74N16O15S2/c53-17-5-4-9-31(45(76)60-23-41(57)72)63-51(82)38-10-6-18-68(38)52(83)37-27-85-84-26-36(61-44(75)25-59-43(74)24-58-42(73)22-54)50(81)65-34(20-29-11-13-30(69)14-12-29)48(79)64-33(19-28-7-2-1-3-8-28)47(78)62-32(15-16-39(55)70)46(77)66-35(21-40(56)71)49(80)67-37/h1-3,7-8,11-14,31-38,69H,4-6,9-10,15-27,53-54H2,(H2,55,70)(H2,56,71)(H2,57,72)(H,58,73)(H,59,74)(H,60,76)(H,61,75)(H,62,78)(H,63,82)(H,64,79)(H,65,81)(H,66,77)(H,67,80)/t31-,32-,33-,34-,35-,36-,37-,38-/m0/s1/i1D,2D,3D,7D,8D. The number of primary amides is 3. The minimum absolute atomic E-state index is 0.0335. The van der Waals surface area contributed by atoms with Crippen molar-refractivity contribution in [2.24, 2.45) is 28.7 Å². The molecule has 31 nitrogen and oxygen atoms in total. The number of nitrogens with one attached hydrogen (secondary N) is 10. The van der Waals surface area contributed by atoms with E-state index in [9.17, 15) is 72.2 Å². The molecular weight excluding hydrogens is 1150 g/mol. The van der Waals surface area contributed by atoms with E-state index in [0.29, 0.717) is 12.8 Å². The Hall–Kier alpha value is -8.56. The van der Waals surface area contributed by atoms with Crippen LogP contribution in [0.15, 0.2) is 54.5 Å². The molecule has 14 amide bonds. The van der Waals surface area contributed by atoms with E-state index in [1.54, 1.807) is 0 Å². The Balaban J connectivity index is 1.88. The molecule has 2 saturated heterocycles. The van der Waals surface area contributed by atoms with Crippen molar-refractivity contribution in [2.75, 3.05) is 50.8 Å². The number of likely N-dealkylation sites (tertiary alicyclic amines) is 1. The molecular formula is C52H74N16O15S2. The lowest BCUT2D eigenvalue weighted by atomic mass is 10.0. The van der Waals surface area contributed by atoms with Crippen molar-refractivity contribution >= 4 is 104 Å². The average Bonchev–Trinajstić information content (AvgIpc) is 2.23.